The molecule has 0 fully saturated rings. The number of carboxylic acid groups (broad SMARTS) is 1. The Hall–Kier alpha value is -2.13. The van der Waals surface area contributed by atoms with E-state index >= 15 is 0 Å². The molecular weight excluding hydrogens is 444 g/mol. The van der Waals surface area contributed by atoms with Crippen LogP contribution in [0.5, 0.6) is 5.75 Å². The monoisotopic (exact) mass is 478 g/mol. The summed E-state index contributed by atoms with van der Waals surface area (Å²) >= 11 is 2.79. The summed E-state index contributed by atoms with van der Waals surface area (Å²) in [4.78, 5) is 27.1. The predicted molar refractivity (Wildman–Crippen MR) is 133 cm³/mol. The number of nitrogens with zero attached hydrogens (tertiary/aromatic N) is 4. The minimum atomic E-state index is -0.895. The highest BCUT2D eigenvalue weighted by Crippen LogP contribution is 2.34. The van der Waals surface area contributed by atoms with Crippen LogP contribution in [0.4, 0.5) is 5.82 Å². The molecule has 0 aliphatic rings. The van der Waals surface area contributed by atoms with Crippen molar-refractivity contribution in [1.29, 1.82) is 0 Å². The van der Waals surface area contributed by atoms with Gasteiger partial charge in [-0.1, -0.05) is 44.4 Å². The molecule has 7 nitrogen and oxygen atoms in total. The third-order valence-corrected chi connectivity index (χ3v) is 7.08. The van der Waals surface area contributed by atoms with E-state index in [0.717, 1.165) is 36.0 Å². The molecule has 0 aromatic carbocycles. The Morgan fingerprint density at radius 3 is 2.81 bits per heavy atom. The Balaban J connectivity index is 2.00. The maximum atomic E-state index is 11.4. The van der Waals surface area contributed by atoms with Crippen molar-refractivity contribution >= 4 is 41.2 Å². The van der Waals surface area contributed by atoms with Gasteiger partial charge in [0.25, 0.3) is 0 Å². The number of thioether (sulfide) groups is 1. The molecule has 32 heavy (non-hydrogen) atoms. The molecule has 0 saturated heterocycles. The highest BCUT2D eigenvalue weighted by molar-refractivity contribution is 8.02. The number of aliphatic carboxylic acids is 1. The SMILES string of the molecule is CCCCCCCN(/C=N/c1ncccc1OC)CCc1csc(SC(C)(C)C(=O)O)n1. The number of hydrogen-bond acceptors (Lipinski definition) is 7. The minimum absolute atomic E-state index is 0.564. The largest absolute Gasteiger partial charge is 0.493 e. The second-order valence-corrected chi connectivity index (χ2v) is 10.7. The zero-order valence-electron chi connectivity index (χ0n) is 19.4. The number of pyridine rings is 1. The van der Waals surface area contributed by atoms with Crippen LogP contribution in [0.2, 0.25) is 0 Å². The number of ether oxygens (including phenoxy) is 1. The van der Waals surface area contributed by atoms with Crippen molar-refractivity contribution in [2.45, 2.75) is 68.4 Å². The number of aromatic nitrogens is 2. The van der Waals surface area contributed by atoms with Crippen LogP contribution in [0.15, 0.2) is 33.0 Å². The molecule has 0 spiro atoms. The molecular formula is C23H34N4O3S2. The fourth-order valence-electron chi connectivity index (χ4n) is 2.89. The Morgan fingerprint density at radius 2 is 2.09 bits per heavy atom. The van der Waals surface area contributed by atoms with E-state index in [4.69, 9.17) is 4.74 Å². The van der Waals surface area contributed by atoms with Crippen molar-refractivity contribution in [1.82, 2.24) is 14.9 Å². The van der Waals surface area contributed by atoms with Gasteiger partial charge in [-0.05, 0) is 32.4 Å². The van der Waals surface area contributed by atoms with Crippen molar-refractivity contribution in [3.8, 4) is 5.75 Å². The van der Waals surface area contributed by atoms with Crippen molar-refractivity contribution in [2.75, 3.05) is 20.2 Å². The average molecular weight is 479 g/mol. The van der Waals surface area contributed by atoms with Crippen molar-refractivity contribution in [3.05, 3.63) is 29.4 Å². The van der Waals surface area contributed by atoms with Gasteiger partial charge in [-0.15, -0.1) is 11.3 Å². The summed E-state index contributed by atoms with van der Waals surface area (Å²) in [6, 6.07) is 3.68. The maximum Gasteiger partial charge on any atom is 0.319 e. The second kappa shape index (κ2) is 13.4. The van der Waals surface area contributed by atoms with Gasteiger partial charge in [0, 0.05) is 31.1 Å². The molecule has 0 radical (unpaired) electrons. The molecule has 9 heteroatoms. The van der Waals surface area contributed by atoms with E-state index in [0.29, 0.717) is 11.6 Å². The first kappa shape index (κ1) is 26.1. The summed E-state index contributed by atoms with van der Waals surface area (Å²) in [7, 11) is 1.62. The molecule has 1 N–H and O–H groups in total. The minimum Gasteiger partial charge on any atom is -0.493 e. The van der Waals surface area contributed by atoms with E-state index in [1.807, 2.05) is 23.9 Å². The standard InChI is InChI=1S/C23H34N4O3S2/c1-5-6-7-8-9-14-27(17-25-20-19(30-4)11-10-13-24-20)15-12-18-16-31-22(26-18)32-23(2,3)21(28)29/h10-11,13,16-17H,5-9,12,14-15H2,1-4H3,(H,28,29)/b25-17+. The molecule has 0 amide bonds. The van der Waals surface area contributed by atoms with E-state index < -0.39 is 10.7 Å². The van der Waals surface area contributed by atoms with Gasteiger partial charge < -0.3 is 14.7 Å². The van der Waals surface area contributed by atoms with Crippen molar-refractivity contribution < 1.29 is 14.6 Å². The third-order valence-electron chi connectivity index (χ3n) is 4.91. The van der Waals surface area contributed by atoms with E-state index in [1.54, 1.807) is 27.2 Å². The van der Waals surface area contributed by atoms with Crippen LogP contribution < -0.4 is 4.74 Å². The summed E-state index contributed by atoms with van der Waals surface area (Å²) in [5.41, 5.74) is 0.971. The summed E-state index contributed by atoms with van der Waals surface area (Å²) in [6.07, 6.45) is 10.4. The van der Waals surface area contributed by atoms with Crippen molar-refractivity contribution in [2.24, 2.45) is 4.99 Å². The Kier molecular flexibility index (Phi) is 11.0. The number of thiazole rings is 1. The average Bonchev–Trinajstić information content (AvgIpc) is 3.21. The van der Waals surface area contributed by atoms with Gasteiger partial charge in [-0.2, -0.15) is 0 Å². The number of aliphatic imine (C=N–C) groups is 1. The molecule has 0 bridgehead atoms. The molecule has 2 heterocycles. The fourth-order valence-corrected chi connectivity index (χ4v) is 5.12. The van der Waals surface area contributed by atoms with Crippen LogP contribution in [0.3, 0.4) is 0 Å². The molecule has 0 atom stereocenters. The number of rotatable bonds is 15. The lowest BCUT2D eigenvalue weighted by Crippen LogP contribution is -2.27. The van der Waals surface area contributed by atoms with Gasteiger partial charge in [0.15, 0.2) is 15.9 Å². The Morgan fingerprint density at radius 1 is 1.31 bits per heavy atom. The van der Waals surface area contributed by atoms with Gasteiger partial charge in [-0.25, -0.2) is 15.0 Å². The zero-order chi connectivity index (χ0) is 23.4. The van der Waals surface area contributed by atoms with Crippen LogP contribution in [-0.4, -0.2) is 57.2 Å². The molecule has 2 aromatic rings. The molecule has 0 unspecified atom stereocenters. The third kappa shape index (κ3) is 8.78. The second-order valence-electron chi connectivity index (χ2n) is 8.00. The maximum absolute atomic E-state index is 11.4. The van der Waals surface area contributed by atoms with Gasteiger partial charge >= 0.3 is 5.97 Å². The smallest absolute Gasteiger partial charge is 0.319 e. The first-order valence-electron chi connectivity index (χ1n) is 11.0. The van der Waals surface area contributed by atoms with E-state index in [1.165, 1.54) is 48.8 Å². The normalized spacial score (nSPS) is 11.8. The van der Waals surface area contributed by atoms with Crippen LogP contribution in [-0.2, 0) is 11.2 Å². The van der Waals surface area contributed by atoms with Gasteiger partial charge in [-0.3, -0.25) is 4.79 Å². The topological polar surface area (TPSA) is 87.9 Å². The molecule has 176 valence electrons. The van der Waals surface area contributed by atoms with Crippen LogP contribution >= 0.6 is 23.1 Å². The summed E-state index contributed by atoms with van der Waals surface area (Å²) < 4.78 is 5.23. The number of carbonyl (C=O) groups is 1. The van der Waals surface area contributed by atoms with Crippen LogP contribution in [0.25, 0.3) is 0 Å². The molecule has 2 rings (SSSR count). The Bertz CT molecular complexity index is 870. The van der Waals surface area contributed by atoms with Crippen molar-refractivity contribution in [3.63, 3.8) is 0 Å². The first-order chi connectivity index (χ1) is 15.4. The van der Waals surface area contributed by atoms with Gasteiger partial charge in [0.05, 0.1) is 19.1 Å². The highest BCUT2D eigenvalue weighted by Gasteiger charge is 2.29. The number of carboxylic acids is 1. The first-order valence-corrected chi connectivity index (χ1v) is 12.7. The van der Waals surface area contributed by atoms with E-state index in [-0.39, 0.29) is 0 Å². The lowest BCUT2D eigenvalue weighted by atomic mass is 10.1. The predicted octanol–water partition coefficient (Wildman–Crippen LogP) is 5.68. The lowest BCUT2D eigenvalue weighted by molar-refractivity contribution is -0.138. The molecule has 0 saturated carbocycles. The Labute approximate surface area is 199 Å². The highest BCUT2D eigenvalue weighted by atomic mass is 32.2. The van der Waals surface area contributed by atoms with Crippen LogP contribution in [0.1, 0.15) is 58.6 Å². The summed E-state index contributed by atoms with van der Waals surface area (Å²) in [6.45, 7) is 7.31. The quantitative estimate of drug-likeness (QED) is 0.152. The molecule has 0 aliphatic heterocycles. The summed E-state index contributed by atoms with van der Waals surface area (Å²) in [5.74, 6) is 0.373. The van der Waals surface area contributed by atoms with E-state index in [2.05, 4.69) is 26.8 Å². The van der Waals surface area contributed by atoms with Gasteiger partial charge in [0.1, 0.15) is 4.75 Å². The van der Waals surface area contributed by atoms with E-state index in [9.17, 15) is 9.90 Å². The number of unbranched alkanes of at least 4 members (excludes halogenated alkanes) is 4. The van der Waals surface area contributed by atoms with Gasteiger partial charge in [0.2, 0.25) is 0 Å². The number of hydrogen-bond donors (Lipinski definition) is 1. The van der Waals surface area contributed by atoms with Crippen LogP contribution in [0, 0.1) is 0 Å². The fraction of sp³-hybridized carbons (Fsp3) is 0.565. The molecule has 0 aliphatic carbocycles. The number of methoxy groups -OCH3 is 1. The lowest BCUT2D eigenvalue weighted by Gasteiger charge is -2.19. The zero-order valence-corrected chi connectivity index (χ0v) is 21.0. The molecule has 2 aromatic heterocycles. The summed E-state index contributed by atoms with van der Waals surface area (Å²) in [5, 5.41) is 11.3.